The van der Waals surface area contributed by atoms with Gasteiger partial charge in [-0.25, -0.2) is 4.39 Å². The fourth-order valence-electron chi connectivity index (χ4n) is 6.23. The van der Waals surface area contributed by atoms with E-state index in [9.17, 15) is 28.7 Å². The third-order valence-corrected chi connectivity index (χ3v) is 9.16. The molecule has 174 valence electrons. The Hall–Kier alpha value is -2.45. The van der Waals surface area contributed by atoms with Gasteiger partial charge in [0, 0.05) is 25.1 Å². The van der Waals surface area contributed by atoms with E-state index < -0.39 is 56.8 Å². The minimum absolute atomic E-state index is 0.00463. The molecule has 2 saturated heterocycles. The Balaban J connectivity index is 1.77. The molecule has 2 aliphatic carbocycles. The first kappa shape index (κ1) is 22.3. The molecular formula is C23H21Cl2FN2O5. The minimum atomic E-state index is -2.04. The number of phenols is 1. The van der Waals surface area contributed by atoms with Gasteiger partial charge in [0.15, 0.2) is 21.3 Å². The highest BCUT2D eigenvalue weighted by Crippen LogP contribution is 2.65. The number of hydrogen-bond acceptors (Lipinski definition) is 5. The van der Waals surface area contributed by atoms with E-state index in [0.717, 1.165) is 11.0 Å². The fraction of sp³-hybridized carbons (Fsp3) is 0.478. The lowest BCUT2D eigenvalue weighted by Crippen LogP contribution is -2.60. The molecule has 0 radical (unpaired) electrons. The molecule has 3 fully saturated rings. The monoisotopic (exact) mass is 494 g/mol. The van der Waals surface area contributed by atoms with Gasteiger partial charge >= 0.3 is 0 Å². The molecule has 0 spiro atoms. The van der Waals surface area contributed by atoms with Crippen LogP contribution in [-0.4, -0.2) is 61.9 Å². The van der Waals surface area contributed by atoms with Crippen LogP contribution in [0, 0.1) is 23.6 Å². The van der Waals surface area contributed by atoms with Gasteiger partial charge in [-0.1, -0.05) is 23.8 Å². The van der Waals surface area contributed by atoms with Crippen LogP contribution < -0.4 is 0 Å². The van der Waals surface area contributed by atoms with E-state index in [2.05, 4.69) is 0 Å². The molecule has 0 unspecified atom stereocenters. The highest BCUT2D eigenvalue weighted by molar-refractivity contribution is 6.53. The van der Waals surface area contributed by atoms with Gasteiger partial charge in [0.1, 0.15) is 0 Å². The van der Waals surface area contributed by atoms with Crippen LogP contribution in [0.5, 0.6) is 5.75 Å². The van der Waals surface area contributed by atoms with Crippen LogP contribution in [0.15, 0.2) is 29.8 Å². The van der Waals surface area contributed by atoms with Crippen LogP contribution in [-0.2, 0) is 19.2 Å². The first-order chi connectivity index (χ1) is 15.5. The molecule has 33 heavy (non-hydrogen) atoms. The van der Waals surface area contributed by atoms with Gasteiger partial charge in [-0.15, -0.1) is 23.2 Å². The number of aromatic hydroxyl groups is 1. The van der Waals surface area contributed by atoms with Crippen molar-refractivity contribution >= 4 is 46.8 Å². The quantitative estimate of drug-likeness (QED) is 0.387. The van der Waals surface area contributed by atoms with Crippen LogP contribution in [0.1, 0.15) is 31.2 Å². The van der Waals surface area contributed by atoms with E-state index in [1.807, 2.05) is 0 Å². The van der Waals surface area contributed by atoms with E-state index >= 15 is 0 Å². The van der Waals surface area contributed by atoms with Gasteiger partial charge in [-0.05, 0) is 31.7 Å². The predicted octanol–water partition coefficient (Wildman–Crippen LogP) is 2.54. The molecule has 4 aliphatic rings. The second-order valence-electron chi connectivity index (χ2n) is 9.10. The molecule has 1 saturated carbocycles. The van der Waals surface area contributed by atoms with Crippen molar-refractivity contribution in [1.29, 1.82) is 0 Å². The molecule has 1 aromatic rings. The van der Waals surface area contributed by atoms with Crippen molar-refractivity contribution in [2.75, 3.05) is 13.6 Å². The Labute approximate surface area is 199 Å². The van der Waals surface area contributed by atoms with Crippen LogP contribution in [0.3, 0.4) is 0 Å². The smallest absolute Gasteiger partial charge is 0.253 e. The van der Waals surface area contributed by atoms with E-state index in [-0.39, 0.29) is 36.8 Å². The number of para-hydroxylation sites is 1. The topological polar surface area (TPSA) is 95.0 Å². The number of nitrogens with zero attached hydrogens (tertiary/aromatic N) is 2. The Bertz CT molecular complexity index is 1170. The number of halogens is 3. The summed E-state index contributed by atoms with van der Waals surface area (Å²) in [5.74, 6) is -7.00. The zero-order chi connectivity index (χ0) is 24.0. The number of amides is 4. The number of benzene rings is 1. The van der Waals surface area contributed by atoms with Crippen LogP contribution in [0.4, 0.5) is 4.39 Å². The van der Waals surface area contributed by atoms with Gasteiger partial charge in [-0.2, -0.15) is 0 Å². The molecule has 4 amide bonds. The molecule has 0 aromatic heterocycles. The standard InChI is InChI=1S/C23H21Cl2FN2O5/c1-3-28-18(30)11-8-7-10-13(15(11)19(28)31)9-22(24)20(32)27(2)21(33)23(22,25)16(10)12-5-4-6-14(26)17(12)29/h4-7,11,13,15-16,29H,3,8-9H2,1-2H3/t11-,13+,15-,16+,22+,23-/m0/s1. The van der Waals surface area contributed by atoms with Crippen molar-refractivity contribution in [3.8, 4) is 5.75 Å². The van der Waals surface area contributed by atoms with Crippen molar-refractivity contribution in [2.24, 2.45) is 17.8 Å². The summed E-state index contributed by atoms with van der Waals surface area (Å²) in [4.78, 5) is 50.6. The number of hydrogen-bond donors (Lipinski definition) is 1. The SMILES string of the molecule is CCN1C(=O)[C@H]2[C@H](CC=C3[C@H]2C[C@@]2(Cl)C(=O)N(C)C(=O)[C@@]2(Cl)[C@H]3c2cccc(F)c2O)C1=O. The molecular weight excluding hydrogens is 474 g/mol. The van der Waals surface area contributed by atoms with Gasteiger partial charge < -0.3 is 5.11 Å². The van der Waals surface area contributed by atoms with E-state index in [1.165, 1.54) is 24.1 Å². The minimum Gasteiger partial charge on any atom is -0.505 e. The third-order valence-electron chi connectivity index (χ3n) is 7.75. The Morgan fingerprint density at radius 3 is 2.48 bits per heavy atom. The van der Waals surface area contributed by atoms with Crippen molar-refractivity contribution in [3.63, 3.8) is 0 Å². The number of allylic oxidation sites excluding steroid dienone is 2. The Morgan fingerprint density at radius 1 is 1.12 bits per heavy atom. The van der Waals surface area contributed by atoms with Crippen molar-refractivity contribution in [2.45, 2.75) is 35.4 Å². The zero-order valence-electron chi connectivity index (χ0n) is 17.8. The Morgan fingerprint density at radius 2 is 1.82 bits per heavy atom. The van der Waals surface area contributed by atoms with Crippen LogP contribution in [0.25, 0.3) is 0 Å². The lowest BCUT2D eigenvalue weighted by Gasteiger charge is -2.50. The number of fused-ring (bicyclic) bond motifs is 4. The molecule has 6 atom stereocenters. The number of phenolic OH excluding ortho intramolecular Hbond substituents is 1. The van der Waals surface area contributed by atoms with E-state index in [4.69, 9.17) is 23.2 Å². The lowest BCUT2D eigenvalue weighted by molar-refractivity contribution is -0.141. The summed E-state index contributed by atoms with van der Waals surface area (Å²) in [7, 11) is 1.27. The summed E-state index contributed by atoms with van der Waals surface area (Å²) in [6.07, 6.45) is 1.83. The normalized spacial score (nSPS) is 37.8. The average Bonchev–Trinajstić information content (AvgIpc) is 3.11. The summed E-state index contributed by atoms with van der Waals surface area (Å²) in [6, 6.07) is 3.85. The number of likely N-dealkylation sites (tertiary alicyclic amines) is 2. The lowest BCUT2D eigenvalue weighted by atomic mass is 9.56. The first-order valence-corrected chi connectivity index (χ1v) is 11.5. The largest absolute Gasteiger partial charge is 0.505 e. The van der Waals surface area contributed by atoms with Crippen LogP contribution >= 0.6 is 23.2 Å². The number of carbonyl (C=O) groups excluding carboxylic acids is 4. The molecule has 5 rings (SSSR count). The van der Waals surface area contributed by atoms with E-state index in [1.54, 1.807) is 13.0 Å². The molecule has 1 aromatic carbocycles. The molecule has 10 heteroatoms. The highest BCUT2D eigenvalue weighted by atomic mass is 35.5. The number of alkyl halides is 2. The van der Waals surface area contributed by atoms with Crippen LogP contribution in [0.2, 0.25) is 0 Å². The van der Waals surface area contributed by atoms with E-state index in [0.29, 0.717) is 5.57 Å². The summed E-state index contributed by atoms with van der Waals surface area (Å²) in [5, 5.41) is 10.6. The van der Waals surface area contributed by atoms with Crippen molar-refractivity contribution in [1.82, 2.24) is 9.80 Å². The maximum Gasteiger partial charge on any atom is 0.253 e. The van der Waals surface area contributed by atoms with Crippen molar-refractivity contribution < 1.29 is 28.7 Å². The number of carbonyl (C=O) groups is 4. The highest BCUT2D eigenvalue weighted by Gasteiger charge is 2.76. The fourth-order valence-corrected chi connectivity index (χ4v) is 7.24. The summed E-state index contributed by atoms with van der Waals surface area (Å²) in [5.41, 5.74) is 0.518. The van der Waals surface area contributed by atoms with Gasteiger partial charge in [-0.3, -0.25) is 29.0 Å². The Kier molecular flexibility index (Phi) is 4.76. The number of rotatable bonds is 2. The summed E-state index contributed by atoms with van der Waals surface area (Å²) >= 11 is 13.9. The molecule has 2 aliphatic heterocycles. The third kappa shape index (κ3) is 2.51. The number of imide groups is 2. The summed E-state index contributed by atoms with van der Waals surface area (Å²) in [6.45, 7) is 1.92. The average molecular weight is 495 g/mol. The maximum absolute atomic E-state index is 14.4. The second-order valence-corrected chi connectivity index (χ2v) is 10.3. The van der Waals surface area contributed by atoms with Crippen molar-refractivity contribution in [3.05, 3.63) is 41.2 Å². The first-order valence-electron chi connectivity index (χ1n) is 10.7. The second kappa shape index (κ2) is 7.03. The van der Waals surface area contributed by atoms with Gasteiger partial charge in [0.2, 0.25) is 11.8 Å². The zero-order valence-corrected chi connectivity index (χ0v) is 19.4. The molecule has 7 nitrogen and oxygen atoms in total. The van der Waals surface area contributed by atoms with Gasteiger partial charge in [0.25, 0.3) is 11.8 Å². The maximum atomic E-state index is 14.4. The molecule has 1 N–H and O–H groups in total. The predicted molar refractivity (Wildman–Crippen MR) is 116 cm³/mol. The molecule has 0 bridgehead atoms. The van der Waals surface area contributed by atoms with Gasteiger partial charge in [0.05, 0.1) is 11.8 Å². The molecule has 2 heterocycles. The summed E-state index contributed by atoms with van der Waals surface area (Å²) < 4.78 is 14.4.